The van der Waals surface area contributed by atoms with Gasteiger partial charge in [-0.3, -0.25) is 0 Å². The van der Waals surface area contributed by atoms with Crippen molar-refractivity contribution in [1.82, 2.24) is 19.8 Å². The van der Waals surface area contributed by atoms with Crippen LogP contribution in [0.15, 0.2) is 18.7 Å². The molecule has 0 aromatic carbocycles. The van der Waals surface area contributed by atoms with Gasteiger partial charge in [-0.2, -0.15) is 0 Å². The van der Waals surface area contributed by atoms with Crippen LogP contribution < -0.4 is 5.32 Å². The molecule has 0 aliphatic heterocycles. The molecule has 1 rings (SSSR count). The Morgan fingerprint density at radius 3 is 2.69 bits per heavy atom. The van der Waals surface area contributed by atoms with Gasteiger partial charge in [0.2, 0.25) is 0 Å². The number of hydrogen-bond donors (Lipinski definition) is 1. The first-order chi connectivity index (χ1) is 7.79. The van der Waals surface area contributed by atoms with Crippen LogP contribution in [0.2, 0.25) is 0 Å². The first kappa shape index (κ1) is 13.2. The zero-order chi connectivity index (χ0) is 11.6. The summed E-state index contributed by atoms with van der Waals surface area (Å²) in [5.74, 6) is 0. The Morgan fingerprint density at radius 1 is 1.19 bits per heavy atom. The number of aromatic nitrogens is 2. The molecular weight excluding hydrogens is 200 g/mol. The molecule has 1 aromatic heterocycles. The average Bonchev–Trinajstić information content (AvgIpc) is 2.74. The van der Waals surface area contributed by atoms with E-state index in [1.54, 1.807) is 0 Å². The summed E-state index contributed by atoms with van der Waals surface area (Å²) in [7, 11) is 4.23. The number of unbranched alkanes of at least 4 members (excludes halogenated alkanes) is 1. The second-order valence-electron chi connectivity index (χ2n) is 4.41. The highest BCUT2D eigenvalue weighted by molar-refractivity contribution is 4.73. The highest BCUT2D eigenvalue weighted by Crippen LogP contribution is 1.93. The summed E-state index contributed by atoms with van der Waals surface area (Å²) in [4.78, 5) is 6.24. The molecule has 0 amide bonds. The van der Waals surface area contributed by atoms with Crippen molar-refractivity contribution in [3.8, 4) is 0 Å². The van der Waals surface area contributed by atoms with Crippen molar-refractivity contribution in [2.75, 3.05) is 33.7 Å². The van der Waals surface area contributed by atoms with Gasteiger partial charge >= 0.3 is 0 Å². The monoisotopic (exact) mass is 224 g/mol. The zero-order valence-electron chi connectivity index (χ0n) is 10.5. The fourth-order valence-corrected chi connectivity index (χ4v) is 1.61. The van der Waals surface area contributed by atoms with Crippen LogP contribution in [0.4, 0.5) is 0 Å². The Kier molecular flexibility index (Phi) is 6.85. The molecule has 0 spiro atoms. The van der Waals surface area contributed by atoms with Crippen LogP contribution in [0.5, 0.6) is 0 Å². The Hall–Kier alpha value is -0.870. The maximum atomic E-state index is 4.02. The molecule has 0 radical (unpaired) electrons. The molecule has 0 bridgehead atoms. The fraction of sp³-hybridized carbons (Fsp3) is 0.750. The summed E-state index contributed by atoms with van der Waals surface area (Å²) in [5, 5.41) is 3.47. The SMILES string of the molecule is CN(C)CCCNCCCCn1ccnc1. The molecule has 0 fully saturated rings. The lowest BCUT2D eigenvalue weighted by Gasteiger charge is -2.09. The summed E-state index contributed by atoms with van der Waals surface area (Å²) in [6, 6.07) is 0. The van der Waals surface area contributed by atoms with Crippen LogP contribution in [0.25, 0.3) is 0 Å². The molecule has 92 valence electrons. The summed E-state index contributed by atoms with van der Waals surface area (Å²) < 4.78 is 2.13. The van der Waals surface area contributed by atoms with E-state index in [-0.39, 0.29) is 0 Å². The van der Waals surface area contributed by atoms with Crippen LogP contribution in [-0.4, -0.2) is 48.2 Å². The van der Waals surface area contributed by atoms with E-state index in [0.717, 1.165) is 19.6 Å². The lowest BCUT2D eigenvalue weighted by Crippen LogP contribution is -2.22. The normalized spacial score (nSPS) is 11.2. The molecule has 1 N–H and O–H groups in total. The van der Waals surface area contributed by atoms with Gasteiger partial charge in [0.05, 0.1) is 6.33 Å². The Bertz CT molecular complexity index is 244. The maximum absolute atomic E-state index is 4.02. The van der Waals surface area contributed by atoms with Gasteiger partial charge in [0, 0.05) is 18.9 Å². The molecule has 1 heterocycles. The smallest absolute Gasteiger partial charge is 0.0945 e. The number of nitrogens with one attached hydrogen (secondary N) is 1. The topological polar surface area (TPSA) is 33.1 Å². The second-order valence-corrected chi connectivity index (χ2v) is 4.41. The minimum Gasteiger partial charge on any atom is -0.337 e. The van der Waals surface area contributed by atoms with Gasteiger partial charge in [-0.25, -0.2) is 4.98 Å². The molecule has 0 atom stereocenters. The van der Waals surface area contributed by atoms with E-state index < -0.39 is 0 Å². The third-order valence-electron chi connectivity index (χ3n) is 2.54. The van der Waals surface area contributed by atoms with Gasteiger partial charge in [0.1, 0.15) is 0 Å². The molecular formula is C12H24N4. The van der Waals surface area contributed by atoms with Crippen molar-refractivity contribution in [2.24, 2.45) is 0 Å². The Labute approximate surface area is 98.7 Å². The number of nitrogens with zero attached hydrogens (tertiary/aromatic N) is 3. The summed E-state index contributed by atoms with van der Waals surface area (Å²) >= 11 is 0. The van der Waals surface area contributed by atoms with Gasteiger partial charge in [-0.1, -0.05) is 0 Å². The average molecular weight is 224 g/mol. The molecule has 1 aromatic rings. The van der Waals surface area contributed by atoms with Gasteiger partial charge < -0.3 is 14.8 Å². The molecule has 0 unspecified atom stereocenters. The molecule has 0 saturated heterocycles. The molecule has 0 aliphatic carbocycles. The largest absolute Gasteiger partial charge is 0.337 e. The third-order valence-corrected chi connectivity index (χ3v) is 2.54. The fourth-order valence-electron chi connectivity index (χ4n) is 1.61. The number of aryl methyl sites for hydroxylation is 1. The molecule has 0 aliphatic rings. The molecule has 0 saturated carbocycles. The maximum Gasteiger partial charge on any atom is 0.0945 e. The minimum atomic E-state index is 1.08. The minimum absolute atomic E-state index is 1.08. The van der Waals surface area contributed by atoms with Gasteiger partial charge in [-0.15, -0.1) is 0 Å². The number of hydrogen-bond acceptors (Lipinski definition) is 3. The van der Waals surface area contributed by atoms with Crippen molar-refractivity contribution >= 4 is 0 Å². The Morgan fingerprint density at radius 2 is 2.00 bits per heavy atom. The lowest BCUT2D eigenvalue weighted by atomic mass is 10.3. The zero-order valence-corrected chi connectivity index (χ0v) is 10.5. The highest BCUT2D eigenvalue weighted by Gasteiger charge is 1.92. The van der Waals surface area contributed by atoms with Crippen molar-refractivity contribution in [2.45, 2.75) is 25.8 Å². The van der Waals surface area contributed by atoms with E-state index >= 15 is 0 Å². The number of imidazole rings is 1. The Balaban J connectivity index is 1.82. The molecule has 4 heteroatoms. The van der Waals surface area contributed by atoms with Crippen LogP contribution in [-0.2, 0) is 6.54 Å². The summed E-state index contributed by atoms with van der Waals surface area (Å²) in [6.07, 6.45) is 9.42. The molecule has 16 heavy (non-hydrogen) atoms. The van der Waals surface area contributed by atoms with Crippen molar-refractivity contribution in [1.29, 1.82) is 0 Å². The van der Waals surface area contributed by atoms with Crippen molar-refractivity contribution < 1.29 is 0 Å². The van der Waals surface area contributed by atoms with Crippen LogP contribution in [0, 0.1) is 0 Å². The van der Waals surface area contributed by atoms with Gasteiger partial charge in [0.15, 0.2) is 0 Å². The van der Waals surface area contributed by atoms with Crippen LogP contribution in [0.1, 0.15) is 19.3 Å². The standard InChI is InChI=1S/C12H24N4/c1-15(2)9-5-7-13-6-3-4-10-16-11-8-14-12-16/h8,11-13H,3-7,9-10H2,1-2H3. The van der Waals surface area contributed by atoms with E-state index in [1.165, 1.54) is 25.8 Å². The van der Waals surface area contributed by atoms with Crippen LogP contribution >= 0.6 is 0 Å². The van der Waals surface area contributed by atoms with E-state index in [4.69, 9.17) is 0 Å². The summed E-state index contributed by atoms with van der Waals surface area (Å²) in [6.45, 7) is 4.51. The summed E-state index contributed by atoms with van der Waals surface area (Å²) in [5.41, 5.74) is 0. The highest BCUT2D eigenvalue weighted by atomic mass is 15.1. The van der Waals surface area contributed by atoms with E-state index in [9.17, 15) is 0 Å². The van der Waals surface area contributed by atoms with Crippen molar-refractivity contribution in [3.63, 3.8) is 0 Å². The van der Waals surface area contributed by atoms with Crippen LogP contribution in [0.3, 0.4) is 0 Å². The van der Waals surface area contributed by atoms with Gasteiger partial charge in [0.25, 0.3) is 0 Å². The predicted octanol–water partition coefficient (Wildman–Crippen LogP) is 1.20. The first-order valence-electron chi connectivity index (χ1n) is 6.10. The predicted molar refractivity (Wildman–Crippen MR) is 67.5 cm³/mol. The van der Waals surface area contributed by atoms with E-state index in [1.807, 2.05) is 18.7 Å². The first-order valence-corrected chi connectivity index (χ1v) is 6.10. The molecule has 4 nitrogen and oxygen atoms in total. The van der Waals surface area contributed by atoms with Gasteiger partial charge in [-0.05, 0) is 53.0 Å². The third kappa shape index (κ3) is 6.58. The number of rotatable bonds is 9. The van der Waals surface area contributed by atoms with E-state index in [0.29, 0.717) is 0 Å². The second kappa shape index (κ2) is 8.30. The lowest BCUT2D eigenvalue weighted by molar-refractivity contribution is 0.393. The van der Waals surface area contributed by atoms with E-state index in [2.05, 4.69) is 33.9 Å². The van der Waals surface area contributed by atoms with Crippen molar-refractivity contribution in [3.05, 3.63) is 18.7 Å². The quantitative estimate of drug-likeness (QED) is 0.640.